The smallest absolute Gasteiger partial charge is 0.295 e. The third-order valence-corrected chi connectivity index (χ3v) is 2.05. The van der Waals surface area contributed by atoms with Crippen LogP contribution in [0.3, 0.4) is 0 Å². The number of aromatic amines is 1. The van der Waals surface area contributed by atoms with E-state index in [-0.39, 0.29) is 4.64 Å². The summed E-state index contributed by atoms with van der Waals surface area (Å²) < 4.78 is 26.2. The molecule has 14 heavy (non-hydrogen) atoms. The average molecular weight is 216 g/mol. The number of nitrogens with zero attached hydrogens (tertiary/aromatic N) is 3. The Morgan fingerprint density at radius 1 is 1.57 bits per heavy atom. The van der Waals surface area contributed by atoms with Crippen LogP contribution in [0.2, 0.25) is 0 Å². The van der Waals surface area contributed by atoms with E-state index in [4.69, 9.17) is 12.2 Å². The van der Waals surface area contributed by atoms with Crippen LogP contribution in [0.4, 0.5) is 8.78 Å². The van der Waals surface area contributed by atoms with E-state index in [1.165, 1.54) is 4.68 Å². The number of nitrogens with one attached hydrogen (secondary N) is 1. The highest BCUT2D eigenvalue weighted by Gasteiger charge is 2.12. The third-order valence-electron chi connectivity index (χ3n) is 1.73. The Hall–Kier alpha value is -1.37. The number of H-pyrrole nitrogens is 1. The second-order valence-corrected chi connectivity index (χ2v) is 3.18. The van der Waals surface area contributed by atoms with E-state index in [0.29, 0.717) is 11.0 Å². The van der Waals surface area contributed by atoms with Crippen molar-refractivity contribution < 1.29 is 8.78 Å². The third kappa shape index (κ3) is 1.39. The Kier molecular flexibility index (Phi) is 2.03. The van der Waals surface area contributed by atoms with Crippen LogP contribution in [0.15, 0.2) is 6.20 Å². The van der Waals surface area contributed by atoms with E-state index in [2.05, 4.69) is 15.1 Å². The zero-order chi connectivity index (χ0) is 10.3. The lowest BCUT2D eigenvalue weighted by Gasteiger charge is -1.97. The van der Waals surface area contributed by atoms with Gasteiger partial charge in [0.25, 0.3) is 6.43 Å². The predicted octanol–water partition coefficient (Wildman–Crippen LogP) is 1.96. The Morgan fingerprint density at radius 3 is 2.93 bits per heavy atom. The summed E-state index contributed by atoms with van der Waals surface area (Å²) in [5.41, 5.74) is 0.336. The van der Waals surface area contributed by atoms with Gasteiger partial charge < -0.3 is 4.98 Å². The standard InChI is InChI=1S/C7H6F2N4S/c1-13-2-3-5(12-13)10-6(4(8)9)11-7(3)14/h2,4H,1H3,(H,10,11,12,14). The molecule has 1 N–H and O–H groups in total. The van der Waals surface area contributed by atoms with Crippen molar-refractivity contribution in [2.45, 2.75) is 6.43 Å². The zero-order valence-electron chi connectivity index (χ0n) is 7.16. The number of rotatable bonds is 1. The van der Waals surface area contributed by atoms with Gasteiger partial charge in [0, 0.05) is 13.2 Å². The Balaban J connectivity index is 2.78. The molecular formula is C7H6F2N4S. The van der Waals surface area contributed by atoms with E-state index in [9.17, 15) is 8.78 Å². The fourth-order valence-corrected chi connectivity index (χ4v) is 1.41. The van der Waals surface area contributed by atoms with Crippen LogP contribution in [0.25, 0.3) is 11.0 Å². The first-order valence-corrected chi connectivity index (χ1v) is 4.20. The van der Waals surface area contributed by atoms with Gasteiger partial charge in [0.15, 0.2) is 11.5 Å². The maximum absolute atomic E-state index is 12.3. The maximum atomic E-state index is 12.3. The second-order valence-electron chi connectivity index (χ2n) is 2.79. The van der Waals surface area contributed by atoms with E-state index < -0.39 is 12.2 Å². The van der Waals surface area contributed by atoms with Crippen molar-refractivity contribution >= 4 is 23.3 Å². The molecule has 0 atom stereocenters. The van der Waals surface area contributed by atoms with Gasteiger partial charge >= 0.3 is 0 Å². The molecule has 0 aliphatic rings. The minimum atomic E-state index is -2.66. The monoisotopic (exact) mass is 216 g/mol. The Bertz CT molecular complexity index is 530. The lowest BCUT2D eigenvalue weighted by molar-refractivity contribution is 0.140. The van der Waals surface area contributed by atoms with Gasteiger partial charge in [0.05, 0.1) is 5.39 Å². The van der Waals surface area contributed by atoms with Crippen molar-refractivity contribution in [2.75, 3.05) is 0 Å². The quantitative estimate of drug-likeness (QED) is 0.741. The lowest BCUT2D eigenvalue weighted by Crippen LogP contribution is -1.96. The van der Waals surface area contributed by atoms with Crippen LogP contribution in [-0.4, -0.2) is 19.7 Å². The summed E-state index contributed by atoms with van der Waals surface area (Å²) in [6.07, 6.45) is -1.03. The minimum absolute atomic E-state index is 0.141. The molecule has 4 nitrogen and oxygen atoms in total. The van der Waals surface area contributed by atoms with Crippen LogP contribution < -0.4 is 0 Å². The highest BCUT2D eigenvalue weighted by molar-refractivity contribution is 7.71. The number of fused-ring (bicyclic) bond motifs is 1. The number of aryl methyl sites for hydroxylation is 1. The van der Waals surface area contributed by atoms with Crippen LogP contribution >= 0.6 is 12.2 Å². The second kappa shape index (κ2) is 3.09. The van der Waals surface area contributed by atoms with E-state index in [1.54, 1.807) is 13.2 Å². The van der Waals surface area contributed by atoms with E-state index in [1.807, 2.05) is 0 Å². The zero-order valence-corrected chi connectivity index (χ0v) is 7.98. The molecule has 0 aliphatic heterocycles. The minimum Gasteiger partial charge on any atom is -0.322 e. The SMILES string of the molecule is Cn1cc2c(=S)nc(C(F)F)[nH]c2n1. The molecule has 0 unspecified atom stereocenters. The van der Waals surface area contributed by atoms with Crippen LogP contribution in [0.1, 0.15) is 12.2 Å². The summed E-state index contributed by atoms with van der Waals surface area (Å²) in [5, 5.41) is 4.51. The number of hydrogen-bond acceptors (Lipinski definition) is 3. The maximum Gasteiger partial charge on any atom is 0.295 e. The van der Waals surface area contributed by atoms with Crippen molar-refractivity contribution in [1.82, 2.24) is 19.7 Å². The first-order valence-electron chi connectivity index (χ1n) is 3.79. The van der Waals surface area contributed by atoms with Gasteiger partial charge in [-0.25, -0.2) is 13.8 Å². The first-order chi connectivity index (χ1) is 6.58. The largest absolute Gasteiger partial charge is 0.322 e. The fourth-order valence-electron chi connectivity index (χ4n) is 1.16. The van der Waals surface area contributed by atoms with Crippen LogP contribution in [0.5, 0.6) is 0 Å². The van der Waals surface area contributed by atoms with Crippen LogP contribution in [0, 0.1) is 4.64 Å². The molecule has 2 rings (SSSR count). The van der Waals surface area contributed by atoms with E-state index >= 15 is 0 Å². The first kappa shape index (κ1) is 9.20. The molecule has 0 radical (unpaired) electrons. The molecule has 0 fully saturated rings. The topological polar surface area (TPSA) is 46.5 Å². The Labute approximate surface area is 82.6 Å². The van der Waals surface area contributed by atoms with Gasteiger partial charge in [-0.2, -0.15) is 5.10 Å². The molecule has 2 heterocycles. The molecule has 7 heteroatoms. The van der Waals surface area contributed by atoms with Gasteiger partial charge in [0.2, 0.25) is 0 Å². The number of alkyl halides is 2. The van der Waals surface area contributed by atoms with E-state index in [0.717, 1.165) is 0 Å². The predicted molar refractivity (Wildman–Crippen MR) is 48.7 cm³/mol. The van der Waals surface area contributed by atoms with Crippen molar-refractivity contribution in [3.63, 3.8) is 0 Å². The van der Waals surface area contributed by atoms with Crippen molar-refractivity contribution in [3.8, 4) is 0 Å². The molecule has 0 bridgehead atoms. The molecule has 0 amide bonds. The fraction of sp³-hybridized carbons (Fsp3) is 0.286. The summed E-state index contributed by atoms with van der Waals surface area (Å²) in [6, 6.07) is 0. The summed E-state index contributed by atoms with van der Waals surface area (Å²) in [7, 11) is 1.69. The molecule has 2 aromatic heterocycles. The molecule has 74 valence electrons. The average Bonchev–Trinajstić information content (AvgIpc) is 2.45. The van der Waals surface area contributed by atoms with Crippen LogP contribution in [-0.2, 0) is 7.05 Å². The van der Waals surface area contributed by atoms with Gasteiger partial charge in [-0.1, -0.05) is 12.2 Å². The van der Waals surface area contributed by atoms with Crippen molar-refractivity contribution in [3.05, 3.63) is 16.7 Å². The highest BCUT2D eigenvalue weighted by atomic mass is 32.1. The highest BCUT2D eigenvalue weighted by Crippen LogP contribution is 2.17. The lowest BCUT2D eigenvalue weighted by atomic mass is 10.4. The number of hydrogen-bond donors (Lipinski definition) is 1. The Morgan fingerprint density at radius 2 is 2.29 bits per heavy atom. The summed E-state index contributed by atoms with van der Waals surface area (Å²) in [5.74, 6) is -0.443. The normalized spacial score (nSPS) is 11.4. The number of aromatic nitrogens is 4. The van der Waals surface area contributed by atoms with Gasteiger partial charge in [-0.15, -0.1) is 0 Å². The molecule has 2 aromatic rings. The van der Waals surface area contributed by atoms with Crippen molar-refractivity contribution in [2.24, 2.45) is 7.05 Å². The summed E-state index contributed by atoms with van der Waals surface area (Å²) >= 11 is 4.86. The molecule has 0 spiro atoms. The summed E-state index contributed by atoms with van der Waals surface area (Å²) in [6.45, 7) is 0. The van der Waals surface area contributed by atoms with Crippen molar-refractivity contribution in [1.29, 1.82) is 0 Å². The number of halogens is 2. The van der Waals surface area contributed by atoms with Gasteiger partial charge in [-0.3, -0.25) is 4.68 Å². The molecule has 0 aliphatic carbocycles. The molecule has 0 saturated carbocycles. The summed E-state index contributed by atoms with van der Waals surface area (Å²) in [4.78, 5) is 6.00. The molecule has 0 saturated heterocycles. The molecular weight excluding hydrogens is 210 g/mol. The molecule has 0 aromatic carbocycles. The van der Waals surface area contributed by atoms with Gasteiger partial charge in [-0.05, 0) is 0 Å². The van der Waals surface area contributed by atoms with Gasteiger partial charge in [0.1, 0.15) is 4.64 Å².